The zero-order chi connectivity index (χ0) is 14.4. The van der Waals surface area contributed by atoms with Crippen LogP contribution in [0.3, 0.4) is 0 Å². The largest absolute Gasteiger partial charge is 0.352 e. The van der Waals surface area contributed by atoms with E-state index in [0.29, 0.717) is 12.1 Å². The van der Waals surface area contributed by atoms with E-state index in [-0.39, 0.29) is 5.91 Å². The quantitative estimate of drug-likeness (QED) is 0.784. The maximum Gasteiger partial charge on any atom is 0.254 e. The summed E-state index contributed by atoms with van der Waals surface area (Å²) in [6, 6.07) is 9.79. The third kappa shape index (κ3) is 3.24. The fraction of sp³-hybridized carbons (Fsp3) is 0.333. The number of carbonyl (C=O) groups is 1. The highest BCUT2D eigenvalue weighted by molar-refractivity contribution is 5.95. The van der Waals surface area contributed by atoms with Crippen molar-refractivity contribution in [3.05, 3.63) is 47.8 Å². The van der Waals surface area contributed by atoms with Crippen LogP contribution in [0.25, 0.3) is 5.69 Å². The lowest BCUT2D eigenvalue weighted by atomic mass is 10.2. The molecular weight excluding hydrogens is 252 g/mol. The van der Waals surface area contributed by atoms with E-state index >= 15 is 0 Å². The van der Waals surface area contributed by atoms with Crippen LogP contribution >= 0.6 is 0 Å². The van der Waals surface area contributed by atoms with E-state index < -0.39 is 0 Å². The lowest BCUT2D eigenvalue weighted by molar-refractivity contribution is 0.0952. The van der Waals surface area contributed by atoms with Gasteiger partial charge in [0.15, 0.2) is 0 Å². The van der Waals surface area contributed by atoms with E-state index in [0.717, 1.165) is 24.3 Å². The van der Waals surface area contributed by atoms with Crippen molar-refractivity contribution < 1.29 is 4.79 Å². The molecule has 1 heterocycles. The van der Waals surface area contributed by atoms with Crippen molar-refractivity contribution in [2.75, 3.05) is 20.1 Å². The number of hydrogen-bond donors (Lipinski definition) is 2. The van der Waals surface area contributed by atoms with Crippen molar-refractivity contribution >= 4 is 5.91 Å². The molecule has 1 aromatic heterocycles. The van der Waals surface area contributed by atoms with Crippen molar-refractivity contribution in [2.45, 2.75) is 13.3 Å². The maximum atomic E-state index is 12.1. The summed E-state index contributed by atoms with van der Waals surface area (Å²) in [5, 5.41) is 10.3. The molecule has 106 valence electrons. The third-order valence-electron chi connectivity index (χ3n) is 3.14. The normalized spacial score (nSPS) is 10.5. The second kappa shape index (κ2) is 6.86. The van der Waals surface area contributed by atoms with Crippen molar-refractivity contribution in [1.82, 2.24) is 20.4 Å². The Kier molecular flexibility index (Phi) is 4.90. The van der Waals surface area contributed by atoms with E-state index in [1.54, 1.807) is 10.9 Å². The number of aromatic nitrogens is 2. The fourth-order valence-corrected chi connectivity index (χ4v) is 2.02. The SMILES string of the molecule is CNCCCNC(=O)c1cnn(-c2ccccc2)c1C. The van der Waals surface area contributed by atoms with Crippen molar-refractivity contribution in [3.8, 4) is 5.69 Å². The van der Waals surface area contributed by atoms with Gasteiger partial charge in [0.2, 0.25) is 0 Å². The molecule has 2 aromatic rings. The molecule has 0 spiro atoms. The summed E-state index contributed by atoms with van der Waals surface area (Å²) in [5.41, 5.74) is 2.43. The predicted octanol–water partition coefficient (Wildman–Crippen LogP) is 1.52. The smallest absolute Gasteiger partial charge is 0.254 e. The highest BCUT2D eigenvalue weighted by Crippen LogP contribution is 2.13. The zero-order valence-corrected chi connectivity index (χ0v) is 11.9. The molecule has 1 amide bonds. The molecule has 0 radical (unpaired) electrons. The summed E-state index contributed by atoms with van der Waals surface area (Å²) in [4.78, 5) is 12.1. The molecule has 1 aromatic carbocycles. The van der Waals surface area contributed by atoms with Crippen LogP contribution in [0.4, 0.5) is 0 Å². The first-order chi connectivity index (χ1) is 9.74. The lowest BCUT2D eigenvalue weighted by Crippen LogP contribution is -2.26. The van der Waals surface area contributed by atoms with Crippen LogP contribution in [0.2, 0.25) is 0 Å². The van der Waals surface area contributed by atoms with E-state index in [1.807, 2.05) is 44.3 Å². The molecular formula is C15H20N4O. The van der Waals surface area contributed by atoms with Crippen LogP contribution in [0.1, 0.15) is 22.5 Å². The Balaban J connectivity index is 2.07. The number of rotatable bonds is 6. The summed E-state index contributed by atoms with van der Waals surface area (Å²) in [6.45, 7) is 3.46. The minimum Gasteiger partial charge on any atom is -0.352 e. The average molecular weight is 272 g/mol. The number of nitrogens with one attached hydrogen (secondary N) is 2. The molecule has 0 fully saturated rings. The second-order valence-electron chi connectivity index (χ2n) is 4.60. The van der Waals surface area contributed by atoms with Crippen molar-refractivity contribution in [2.24, 2.45) is 0 Å². The minimum absolute atomic E-state index is 0.0687. The number of benzene rings is 1. The van der Waals surface area contributed by atoms with Gasteiger partial charge in [0.1, 0.15) is 0 Å². The highest BCUT2D eigenvalue weighted by Gasteiger charge is 2.14. The topological polar surface area (TPSA) is 58.9 Å². The van der Waals surface area contributed by atoms with Gasteiger partial charge in [0.05, 0.1) is 23.1 Å². The molecule has 2 rings (SSSR count). The first-order valence-corrected chi connectivity index (χ1v) is 6.77. The van der Waals surface area contributed by atoms with Crippen molar-refractivity contribution in [1.29, 1.82) is 0 Å². The molecule has 0 saturated carbocycles. The Labute approximate surface area is 119 Å². The Morgan fingerprint density at radius 1 is 1.25 bits per heavy atom. The Bertz CT molecular complexity index is 563. The van der Waals surface area contributed by atoms with Gasteiger partial charge in [-0.3, -0.25) is 4.79 Å². The first kappa shape index (κ1) is 14.3. The predicted molar refractivity (Wildman–Crippen MR) is 79.2 cm³/mol. The standard InChI is InChI=1S/C15H20N4O/c1-12-14(15(20)17-10-6-9-16-2)11-18-19(12)13-7-4-3-5-8-13/h3-5,7-8,11,16H,6,9-10H2,1-2H3,(H,17,20). The van der Waals surface area contributed by atoms with E-state index in [4.69, 9.17) is 0 Å². The number of carbonyl (C=O) groups excluding carboxylic acids is 1. The van der Waals surface area contributed by atoms with E-state index in [1.165, 1.54) is 0 Å². The summed E-state index contributed by atoms with van der Waals surface area (Å²) < 4.78 is 1.78. The molecule has 20 heavy (non-hydrogen) atoms. The summed E-state index contributed by atoms with van der Waals surface area (Å²) in [7, 11) is 1.90. The van der Waals surface area contributed by atoms with Gasteiger partial charge in [-0.25, -0.2) is 4.68 Å². The zero-order valence-electron chi connectivity index (χ0n) is 11.9. The van der Waals surface area contributed by atoms with Gasteiger partial charge in [-0.05, 0) is 39.1 Å². The van der Waals surface area contributed by atoms with E-state index in [2.05, 4.69) is 15.7 Å². The maximum absolute atomic E-state index is 12.1. The highest BCUT2D eigenvalue weighted by atomic mass is 16.1. The molecule has 0 aliphatic rings. The van der Waals surface area contributed by atoms with Gasteiger partial charge in [0, 0.05) is 6.54 Å². The second-order valence-corrected chi connectivity index (χ2v) is 4.60. The van der Waals surface area contributed by atoms with Crippen molar-refractivity contribution in [3.63, 3.8) is 0 Å². The Morgan fingerprint density at radius 2 is 2.00 bits per heavy atom. The fourth-order valence-electron chi connectivity index (χ4n) is 2.02. The summed E-state index contributed by atoms with van der Waals surface area (Å²) in [5.74, 6) is -0.0687. The van der Waals surface area contributed by atoms with Gasteiger partial charge in [0.25, 0.3) is 5.91 Å². The molecule has 0 atom stereocenters. The molecule has 5 heteroatoms. The minimum atomic E-state index is -0.0687. The van der Waals surface area contributed by atoms with E-state index in [9.17, 15) is 4.79 Å². The van der Waals surface area contributed by atoms with Gasteiger partial charge >= 0.3 is 0 Å². The monoisotopic (exact) mass is 272 g/mol. The molecule has 5 nitrogen and oxygen atoms in total. The van der Waals surface area contributed by atoms with Crippen LogP contribution in [0, 0.1) is 6.92 Å². The van der Waals surface area contributed by atoms with Crippen LogP contribution in [-0.4, -0.2) is 35.8 Å². The molecule has 2 N–H and O–H groups in total. The molecule has 0 saturated heterocycles. The number of hydrogen-bond acceptors (Lipinski definition) is 3. The number of para-hydroxylation sites is 1. The molecule has 0 aliphatic carbocycles. The lowest BCUT2D eigenvalue weighted by Gasteiger charge is -2.06. The summed E-state index contributed by atoms with van der Waals surface area (Å²) in [6.07, 6.45) is 2.53. The number of amides is 1. The Morgan fingerprint density at radius 3 is 2.70 bits per heavy atom. The molecule has 0 unspecified atom stereocenters. The molecule has 0 bridgehead atoms. The van der Waals surface area contributed by atoms with Crippen LogP contribution in [-0.2, 0) is 0 Å². The van der Waals surface area contributed by atoms with Gasteiger partial charge in [-0.1, -0.05) is 18.2 Å². The third-order valence-corrected chi connectivity index (χ3v) is 3.14. The van der Waals surface area contributed by atoms with Gasteiger partial charge in [-0.15, -0.1) is 0 Å². The molecule has 0 aliphatic heterocycles. The van der Waals surface area contributed by atoms with Gasteiger partial charge < -0.3 is 10.6 Å². The number of nitrogens with zero attached hydrogens (tertiary/aromatic N) is 2. The van der Waals surface area contributed by atoms with Gasteiger partial charge in [-0.2, -0.15) is 5.10 Å². The average Bonchev–Trinajstić information content (AvgIpc) is 2.86. The van der Waals surface area contributed by atoms with Crippen LogP contribution in [0.15, 0.2) is 36.5 Å². The Hall–Kier alpha value is -2.14. The first-order valence-electron chi connectivity index (χ1n) is 6.77. The van der Waals surface area contributed by atoms with Crippen LogP contribution < -0.4 is 10.6 Å². The van der Waals surface area contributed by atoms with Crippen LogP contribution in [0.5, 0.6) is 0 Å². The summed E-state index contributed by atoms with van der Waals surface area (Å²) >= 11 is 0.